The van der Waals surface area contributed by atoms with Crippen LogP contribution in [0.5, 0.6) is 5.88 Å². The summed E-state index contributed by atoms with van der Waals surface area (Å²) in [6, 6.07) is 6.48. The summed E-state index contributed by atoms with van der Waals surface area (Å²) in [4.78, 5) is 4.47. The van der Waals surface area contributed by atoms with Crippen molar-refractivity contribution in [2.45, 2.75) is 39.7 Å². The zero-order chi connectivity index (χ0) is 11.8. The first-order valence-corrected chi connectivity index (χ1v) is 6.12. The van der Waals surface area contributed by atoms with Crippen LogP contribution in [0.3, 0.4) is 0 Å². The third-order valence-electron chi connectivity index (χ3n) is 2.51. The van der Waals surface area contributed by atoms with Crippen molar-refractivity contribution >= 4 is 0 Å². The zero-order valence-electron chi connectivity index (χ0n) is 10.5. The highest BCUT2D eigenvalue weighted by Crippen LogP contribution is 2.10. The van der Waals surface area contributed by atoms with E-state index in [0.717, 1.165) is 31.0 Å². The summed E-state index contributed by atoms with van der Waals surface area (Å²) in [6.07, 6.45) is 2.08. The lowest BCUT2D eigenvalue weighted by molar-refractivity contribution is 0.325. The molecule has 0 saturated carbocycles. The minimum Gasteiger partial charge on any atom is -0.478 e. The first kappa shape index (κ1) is 13.0. The molecule has 0 aliphatic carbocycles. The van der Waals surface area contributed by atoms with Crippen molar-refractivity contribution in [1.82, 2.24) is 10.3 Å². The van der Waals surface area contributed by atoms with Crippen LogP contribution in [-0.2, 0) is 6.42 Å². The average Bonchev–Trinajstić information content (AvgIpc) is 2.29. The fraction of sp³-hybridized carbons (Fsp3) is 0.615. The highest BCUT2D eigenvalue weighted by Gasteiger charge is 2.07. The molecule has 90 valence electrons. The molecule has 1 aromatic rings. The maximum Gasteiger partial charge on any atom is 0.213 e. The van der Waals surface area contributed by atoms with Crippen molar-refractivity contribution < 1.29 is 4.74 Å². The van der Waals surface area contributed by atoms with Gasteiger partial charge in [-0.2, -0.15) is 0 Å². The van der Waals surface area contributed by atoms with E-state index in [0.29, 0.717) is 12.6 Å². The summed E-state index contributed by atoms with van der Waals surface area (Å²) < 4.78 is 5.39. The van der Waals surface area contributed by atoms with Crippen molar-refractivity contribution in [2.24, 2.45) is 0 Å². The molecule has 0 spiro atoms. The molecule has 1 N–H and O–H groups in total. The summed E-state index contributed by atoms with van der Waals surface area (Å²) in [7, 11) is 0. The van der Waals surface area contributed by atoms with E-state index in [1.165, 1.54) is 0 Å². The van der Waals surface area contributed by atoms with Gasteiger partial charge in [0.05, 0.1) is 6.61 Å². The normalized spacial score (nSPS) is 12.4. The van der Waals surface area contributed by atoms with E-state index in [2.05, 4.69) is 30.2 Å². The van der Waals surface area contributed by atoms with E-state index in [4.69, 9.17) is 4.74 Å². The topological polar surface area (TPSA) is 34.1 Å². The van der Waals surface area contributed by atoms with Gasteiger partial charge in [-0.05, 0) is 26.0 Å². The molecule has 0 radical (unpaired) electrons. The van der Waals surface area contributed by atoms with Gasteiger partial charge in [-0.25, -0.2) is 4.98 Å². The maximum atomic E-state index is 5.39. The van der Waals surface area contributed by atoms with Gasteiger partial charge in [-0.3, -0.25) is 0 Å². The number of nitrogens with zero attached hydrogens (tertiary/aromatic N) is 1. The van der Waals surface area contributed by atoms with Crippen molar-refractivity contribution in [3.8, 4) is 5.88 Å². The summed E-state index contributed by atoms with van der Waals surface area (Å²) in [5, 5.41) is 3.45. The number of pyridine rings is 1. The molecule has 0 aliphatic heterocycles. The third-order valence-corrected chi connectivity index (χ3v) is 2.51. The quantitative estimate of drug-likeness (QED) is 0.769. The van der Waals surface area contributed by atoms with Crippen LogP contribution in [0.2, 0.25) is 0 Å². The van der Waals surface area contributed by atoms with E-state index in [1.54, 1.807) is 0 Å². The summed E-state index contributed by atoms with van der Waals surface area (Å²) >= 11 is 0. The minimum atomic E-state index is 0.509. The predicted molar refractivity (Wildman–Crippen MR) is 66.9 cm³/mol. The number of nitrogens with one attached hydrogen (secondary N) is 1. The number of hydrogen-bond donors (Lipinski definition) is 1. The Morgan fingerprint density at radius 2 is 2.12 bits per heavy atom. The molecule has 1 atom stereocenters. The molecule has 0 fully saturated rings. The van der Waals surface area contributed by atoms with Crippen molar-refractivity contribution in [1.29, 1.82) is 0 Å². The number of ether oxygens (including phenoxy) is 1. The fourth-order valence-electron chi connectivity index (χ4n) is 1.70. The SMILES string of the molecule is CCNC(CC)Cc1cccc(OCC)n1. The summed E-state index contributed by atoms with van der Waals surface area (Å²) in [6.45, 7) is 7.97. The first-order chi connectivity index (χ1) is 7.80. The van der Waals surface area contributed by atoms with Crippen molar-refractivity contribution in [3.05, 3.63) is 23.9 Å². The largest absolute Gasteiger partial charge is 0.478 e. The highest BCUT2D eigenvalue weighted by atomic mass is 16.5. The number of hydrogen-bond acceptors (Lipinski definition) is 3. The first-order valence-electron chi connectivity index (χ1n) is 6.12. The van der Waals surface area contributed by atoms with E-state index < -0.39 is 0 Å². The molecule has 1 heterocycles. The van der Waals surface area contributed by atoms with Gasteiger partial charge in [0.15, 0.2) is 0 Å². The van der Waals surface area contributed by atoms with E-state index >= 15 is 0 Å². The second-order valence-corrected chi connectivity index (χ2v) is 3.77. The van der Waals surface area contributed by atoms with Gasteiger partial charge in [0.25, 0.3) is 0 Å². The number of aromatic nitrogens is 1. The molecule has 0 aliphatic rings. The lowest BCUT2D eigenvalue weighted by atomic mass is 10.1. The molecular formula is C13H22N2O. The van der Waals surface area contributed by atoms with Gasteiger partial charge in [0.2, 0.25) is 5.88 Å². The Balaban J connectivity index is 2.60. The molecule has 3 nitrogen and oxygen atoms in total. The number of likely N-dealkylation sites (N-methyl/N-ethyl adjacent to an activating group) is 1. The standard InChI is InChI=1S/C13H22N2O/c1-4-11(14-5-2)10-12-8-7-9-13(15-12)16-6-3/h7-9,11,14H,4-6,10H2,1-3H3. The van der Waals surface area contributed by atoms with E-state index in [9.17, 15) is 0 Å². The monoisotopic (exact) mass is 222 g/mol. The van der Waals surface area contributed by atoms with Crippen molar-refractivity contribution in [2.75, 3.05) is 13.2 Å². The molecule has 1 unspecified atom stereocenters. The van der Waals surface area contributed by atoms with Gasteiger partial charge in [-0.15, -0.1) is 0 Å². The van der Waals surface area contributed by atoms with E-state index in [1.807, 2.05) is 19.1 Å². The fourth-order valence-corrected chi connectivity index (χ4v) is 1.70. The Labute approximate surface area is 98.2 Å². The Kier molecular flexibility index (Phi) is 5.86. The Morgan fingerprint density at radius 3 is 2.75 bits per heavy atom. The van der Waals surface area contributed by atoms with Crippen LogP contribution in [0.15, 0.2) is 18.2 Å². The van der Waals surface area contributed by atoms with Gasteiger partial charge in [0.1, 0.15) is 0 Å². The lowest BCUT2D eigenvalue weighted by Crippen LogP contribution is -2.30. The predicted octanol–water partition coefficient (Wildman–Crippen LogP) is 2.41. The molecule has 0 saturated heterocycles. The van der Waals surface area contributed by atoms with Crippen LogP contribution in [-0.4, -0.2) is 24.2 Å². The Morgan fingerprint density at radius 1 is 1.31 bits per heavy atom. The molecule has 16 heavy (non-hydrogen) atoms. The molecule has 3 heteroatoms. The van der Waals surface area contributed by atoms with Gasteiger partial charge < -0.3 is 10.1 Å². The van der Waals surface area contributed by atoms with Gasteiger partial charge in [-0.1, -0.05) is 19.9 Å². The molecule has 0 aromatic carbocycles. The van der Waals surface area contributed by atoms with Crippen LogP contribution in [0.4, 0.5) is 0 Å². The zero-order valence-corrected chi connectivity index (χ0v) is 10.5. The van der Waals surface area contributed by atoms with Crippen LogP contribution in [0.25, 0.3) is 0 Å². The van der Waals surface area contributed by atoms with Gasteiger partial charge in [0, 0.05) is 24.2 Å². The van der Waals surface area contributed by atoms with Crippen LogP contribution in [0, 0.1) is 0 Å². The molecule has 1 rings (SSSR count). The molecule has 0 bridgehead atoms. The number of rotatable bonds is 7. The Hall–Kier alpha value is -1.09. The summed E-state index contributed by atoms with van der Waals surface area (Å²) in [5.41, 5.74) is 1.10. The van der Waals surface area contributed by atoms with Crippen LogP contribution in [0.1, 0.15) is 32.9 Å². The molecule has 1 aromatic heterocycles. The van der Waals surface area contributed by atoms with Crippen LogP contribution < -0.4 is 10.1 Å². The summed E-state index contributed by atoms with van der Waals surface area (Å²) in [5.74, 6) is 0.728. The second kappa shape index (κ2) is 7.23. The van der Waals surface area contributed by atoms with Crippen LogP contribution >= 0.6 is 0 Å². The Bertz CT molecular complexity index is 302. The molecular weight excluding hydrogens is 200 g/mol. The smallest absolute Gasteiger partial charge is 0.213 e. The lowest BCUT2D eigenvalue weighted by Gasteiger charge is -2.15. The van der Waals surface area contributed by atoms with Crippen molar-refractivity contribution in [3.63, 3.8) is 0 Å². The second-order valence-electron chi connectivity index (χ2n) is 3.77. The highest BCUT2D eigenvalue weighted by molar-refractivity contribution is 5.16. The van der Waals surface area contributed by atoms with Gasteiger partial charge >= 0.3 is 0 Å². The minimum absolute atomic E-state index is 0.509. The third kappa shape index (κ3) is 4.19. The average molecular weight is 222 g/mol. The molecule has 0 amide bonds. The van der Waals surface area contributed by atoms with E-state index in [-0.39, 0.29) is 0 Å². The maximum absolute atomic E-state index is 5.39.